The fourth-order valence-corrected chi connectivity index (χ4v) is 6.27. The largest absolute Gasteiger partial charge is 0.380 e. The summed E-state index contributed by atoms with van der Waals surface area (Å²) < 4.78 is 28.5. The van der Waals surface area contributed by atoms with Gasteiger partial charge in [0.2, 0.25) is 0 Å². The van der Waals surface area contributed by atoms with Crippen molar-refractivity contribution in [3.05, 3.63) is 90.0 Å². The quantitative estimate of drug-likeness (QED) is 0.620. The van der Waals surface area contributed by atoms with Gasteiger partial charge in [-0.15, -0.1) is 0 Å². The molecule has 0 spiro atoms. The molecule has 7 heteroatoms. The van der Waals surface area contributed by atoms with Gasteiger partial charge in [-0.3, -0.25) is 9.10 Å². The summed E-state index contributed by atoms with van der Waals surface area (Å²) >= 11 is 0. The highest BCUT2D eigenvalue weighted by molar-refractivity contribution is 7.92. The molecule has 6 nitrogen and oxygen atoms in total. The molecular formula is C26H27N3O3S. The summed E-state index contributed by atoms with van der Waals surface area (Å²) in [5.41, 5.74) is 3.21. The Morgan fingerprint density at radius 2 is 1.70 bits per heavy atom. The van der Waals surface area contributed by atoms with Crippen molar-refractivity contribution in [2.24, 2.45) is 0 Å². The first kappa shape index (κ1) is 21.5. The molecule has 0 aliphatic carbocycles. The van der Waals surface area contributed by atoms with Crippen LogP contribution < -0.4 is 9.62 Å². The number of nitrogens with one attached hydrogen (secondary N) is 1. The first-order valence-electron chi connectivity index (χ1n) is 11.3. The van der Waals surface area contributed by atoms with E-state index in [2.05, 4.69) is 5.32 Å². The Bertz CT molecular complexity index is 1260. The van der Waals surface area contributed by atoms with Crippen LogP contribution in [-0.4, -0.2) is 44.9 Å². The molecule has 3 aromatic carbocycles. The molecule has 2 aliphatic rings. The van der Waals surface area contributed by atoms with Gasteiger partial charge in [0.05, 0.1) is 10.6 Å². The Labute approximate surface area is 194 Å². The standard InChI is InChI=1S/C26H27N3O3S/c30-26(28-17-15-23(19-28)27-22-11-2-1-3-12-22)21-9-6-13-24(18-21)33(31,32)29-16-7-10-20-8-4-5-14-25(20)29/h1-6,8-9,11-14,18,23,27H,7,10,15-17,19H2. The maximum Gasteiger partial charge on any atom is 0.264 e. The minimum atomic E-state index is -3.76. The van der Waals surface area contributed by atoms with Gasteiger partial charge in [-0.05, 0) is 61.2 Å². The molecule has 1 unspecified atom stereocenters. The van der Waals surface area contributed by atoms with Gasteiger partial charge in [0, 0.05) is 36.9 Å². The predicted octanol–water partition coefficient (Wildman–Crippen LogP) is 4.15. The fourth-order valence-electron chi connectivity index (χ4n) is 4.68. The molecule has 1 amide bonds. The third kappa shape index (κ3) is 4.33. The van der Waals surface area contributed by atoms with E-state index >= 15 is 0 Å². The number of carbonyl (C=O) groups is 1. The number of carbonyl (C=O) groups excluding carboxylic acids is 1. The van der Waals surface area contributed by atoms with Crippen LogP contribution in [0.5, 0.6) is 0 Å². The summed E-state index contributed by atoms with van der Waals surface area (Å²) in [6.07, 6.45) is 2.50. The van der Waals surface area contributed by atoms with E-state index in [9.17, 15) is 13.2 Å². The van der Waals surface area contributed by atoms with E-state index in [0.717, 1.165) is 36.2 Å². The van der Waals surface area contributed by atoms with Crippen molar-refractivity contribution < 1.29 is 13.2 Å². The van der Waals surface area contributed by atoms with Gasteiger partial charge in [-0.2, -0.15) is 0 Å². The number of para-hydroxylation sites is 2. The van der Waals surface area contributed by atoms with Crippen molar-refractivity contribution in [3.63, 3.8) is 0 Å². The highest BCUT2D eigenvalue weighted by atomic mass is 32.2. The van der Waals surface area contributed by atoms with Crippen LogP contribution in [0.1, 0.15) is 28.8 Å². The van der Waals surface area contributed by atoms with E-state index in [1.54, 1.807) is 23.1 Å². The minimum Gasteiger partial charge on any atom is -0.380 e. The van der Waals surface area contributed by atoms with Crippen LogP contribution in [-0.2, 0) is 16.4 Å². The molecule has 2 aliphatic heterocycles. The number of fused-ring (bicyclic) bond motifs is 1. The lowest BCUT2D eigenvalue weighted by Crippen LogP contribution is -2.35. The first-order valence-corrected chi connectivity index (χ1v) is 12.8. The van der Waals surface area contributed by atoms with Gasteiger partial charge in [-0.1, -0.05) is 42.5 Å². The molecule has 0 saturated carbocycles. The lowest BCUT2D eigenvalue weighted by atomic mass is 10.0. The van der Waals surface area contributed by atoms with Gasteiger partial charge in [0.1, 0.15) is 0 Å². The van der Waals surface area contributed by atoms with Crippen molar-refractivity contribution in [3.8, 4) is 0 Å². The normalized spacial score (nSPS) is 18.1. The second kappa shape index (κ2) is 8.90. The Morgan fingerprint density at radius 3 is 2.55 bits per heavy atom. The Hall–Kier alpha value is -3.32. The van der Waals surface area contributed by atoms with Gasteiger partial charge in [0.15, 0.2) is 0 Å². The van der Waals surface area contributed by atoms with Crippen molar-refractivity contribution in [2.75, 3.05) is 29.3 Å². The van der Waals surface area contributed by atoms with Crippen LogP contribution in [0.15, 0.2) is 83.8 Å². The molecule has 0 radical (unpaired) electrons. The number of anilines is 2. The Balaban J connectivity index is 1.34. The molecule has 1 N–H and O–H groups in total. The third-order valence-corrected chi connectivity index (χ3v) is 8.17. The van der Waals surface area contributed by atoms with E-state index < -0.39 is 10.0 Å². The molecule has 0 bridgehead atoms. The van der Waals surface area contributed by atoms with E-state index in [-0.39, 0.29) is 16.8 Å². The molecular weight excluding hydrogens is 434 g/mol. The fraction of sp³-hybridized carbons (Fsp3) is 0.269. The van der Waals surface area contributed by atoms with Crippen molar-refractivity contribution >= 4 is 27.3 Å². The summed E-state index contributed by atoms with van der Waals surface area (Å²) in [5, 5.41) is 3.47. The van der Waals surface area contributed by atoms with Crippen LogP contribution in [0.2, 0.25) is 0 Å². The molecule has 3 aromatic rings. The zero-order chi connectivity index (χ0) is 22.8. The number of hydrogen-bond acceptors (Lipinski definition) is 4. The maximum absolute atomic E-state index is 13.5. The van der Waals surface area contributed by atoms with Crippen LogP contribution in [0.25, 0.3) is 0 Å². The summed E-state index contributed by atoms with van der Waals surface area (Å²) in [4.78, 5) is 15.1. The van der Waals surface area contributed by atoms with Crippen molar-refractivity contribution in [1.82, 2.24) is 4.90 Å². The number of aryl methyl sites for hydroxylation is 1. The van der Waals surface area contributed by atoms with Crippen LogP contribution in [0, 0.1) is 0 Å². The molecule has 1 saturated heterocycles. The number of nitrogens with zero attached hydrogens (tertiary/aromatic N) is 2. The highest BCUT2D eigenvalue weighted by Crippen LogP contribution is 2.32. The first-order chi connectivity index (χ1) is 16.0. The molecule has 1 fully saturated rings. The molecule has 1 atom stereocenters. The van der Waals surface area contributed by atoms with Crippen LogP contribution in [0.4, 0.5) is 11.4 Å². The smallest absolute Gasteiger partial charge is 0.264 e. The van der Waals surface area contributed by atoms with Crippen molar-refractivity contribution in [1.29, 1.82) is 0 Å². The topological polar surface area (TPSA) is 69.7 Å². The number of hydrogen-bond donors (Lipinski definition) is 1. The summed E-state index contributed by atoms with van der Waals surface area (Å²) in [6.45, 7) is 1.67. The lowest BCUT2D eigenvalue weighted by Gasteiger charge is -2.30. The van der Waals surface area contributed by atoms with E-state index in [1.165, 1.54) is 10.4 Å². The van der Waals surface area contributed by atoms with Crippen molar-refractivity contribution in [2.45, 2.75) is 30.2 Å². The monoisotopic (exact) mass is 461 g/mol. The molecule has 5 rings (SSSR count). The molecule has 33 heavy (non-hydrogen) atoms. The number of likely N-dealkylation sites (tertiary alicyclic amines) is 1. The number of rotatable bonds is 5. The van der Waals surface area contributed by atoms with Gasteiger partial charge in [0.25, 0.3) is 15.9 Å². The van der Waals surface area contributed by atoms with Gasteiger partial charge < -0.3 is 10.2 Å². The lowest BCUT2D eigenvalue weighted by molar-refractivity contribution is 0.0791. The third-order valence-electron chi connectivity index (χ3n) is 6.36. The average Bonchev–Trinajstić information content (AvgIpc) is 3.32. The average molecular weight is 462 g/mol. The summed E-state index contributed by atoms with van der Waals surface area (Å²) in [7, 11) is -3.76. The van der Waals surface area contributed by atoms with E-state index in [0.29, 0.717) is 25.2 Å². The SMILES string of the molecule is O=C(c1cccc(S(=O)(=O)N2CCCc3ccccc32)c1)N1CCC(Nc2ccccc2)C1. The minimum absolute atomic E-state index is 0.136. The molecule has 0 aromatic heterocycles. The van der Waals surface area contributed by atoms with E-state index in [4.69, 9.17) is 0 Å². The van der Waals surface area contributed by atoms with E-state index in [1.807, 2.05) is 54.6 Å². The predicted molar refractivity (Wildman–Crippen MR) is 130 cm³/mol. The zero-order valence-corrected chi connectivity index (χ0v) is 19.2. The van der Waals surface area contributed by atoms with Gasteiger partial charge in [-0.25, -0.2) is 8.42 Å². The number of sulfonamides is 1. The molecule has 2 heterocycles. The summed E-state index contributed by atoms with van der Waals surface area (Å²) in [6, 6.07) is 24.2. The second-order valence-electron chi connectivity index (χ2n) is 8.58. The Kier molecular flexibility index (Phi) is 5.81. The highest BCUT2D eigenvalue weighted by Gasteiger charge is 2.31. The zero-order valence-electron chi connectivity index (χ0n) is 18.4. The second-order valence-corrected chi connectivity index (χ2v) is 10.4. The molecule has 170 valence electrons. The number of benzene rings is 3. The van der Waals surface area contributed by atoms with Crippen LogP contribution in [0.3, 0.4) is 0 Å². The summed E-state index contributed by atoms with van der Waals surface area (Å²) in [5.74, 6) is -0.136. The number of amides is 1. The van der Waals surface area contributed by atoms with Gasteiger partial charge >= 0.3 is 0 Å². The Morgan fingerprint density at radius 1 is 0.909 bits per heavy atom. The maximum atomic E-state index is 13.5. The van der Waals surface area contributed by atoms with Crippen LogP contribution >= 0.6 is 0 Å².